The van der Waals surface area contributed by atoms with Crippen LogP contribution in [-0.4, -0.2) is 53.7 Å². The fourth-order valence-corrected chi connectivity index (χ4v) is 5.12. The number of piperidine rings is 1. The molecule has 9 heteroatoms. The van der Waals surface area contributed by atoms with Crippen LogP contribution in [-0.2, 0) is 16.0 Å². The van der Waals surface area contributed by atoms with E-state index in [2.05, 4.69) is 11.5 Å². The van der Waals surface area contributed by atoms with Gasteiger partial charge in [-0.05, 0) is 63.6 Å². The number of rotatable bonds is 8. The average Bonchev–Trinajstić information content (AvgIpc) is 3.45. The Morgan fingerprint density at radius 1 is 1.20 bits per heavy atom. The van der Waals surface area contributed by atoms with E-state index in [1.54, 1.807) is 12.1 Å². The van der Waals surface area contributed by atoms with E-state index in [-0.39, 0.29) is 23.1 Å². The van der Waals surface area contributed by atoms with E-state index in [4.69, 9.17) is 9.47 Å². The van der Waals surface area contributed by atoms with Crippen LogP contribution in [0.15, 0.2) is 24.3 Å². The largest absolute Gasteiger partial charge is 0.454 e. The number of aromatic nitrogens is 1. The molecule has 2 aliphatic heterocycles. The third-order valence-corrected chi connectivity index (χ3v) is 7.02. The van der Waals surface area contributed by atoms with E-state index in [0.29, 0.717) is 23.7 Å². The van der Waals surface area contributed by atoms with Crippen LogP contribution in [0.4, 0.5) is 11.4 Å². The number of nitro groups is 1. The van der Waals surface area contributed by atoms with Crippen LogP contribution < -0.4 is 4.90 Å². The molecule has 4 rings (SSSR count). The highest BCUT2D eigenvalue weighted by atomic mass is 16.6. The number of anilines is 1. The van der Waals surface area contributed by atoms with Gasteiger partial charge in [0.05, 0.1) is 16.6 Å². The Morgan fingerprint density at radius 3 is 2.69 bits per heavy atom. The standard InChI is InChI=1S/C26H33N3O6/c1-17-6-4-10-27(14-17)23-9-8-20(13-24(23)29(32)33)26(31)35-16-25(30)22-12-18(2)28(19(22)3)15-21-7-5-11-34-21/h8-9,12-13,17,21H,4-7,10-11,14-16H2,1-3H3/t17-,21+/m0/s1. The number of carbonyl (C=O) groups excluding carboxylic acids is 2. The maximum absolute atomic E-state index is 12.8. The first-order valence-electron chi connectivity index (χ1n) is 12.3. The number of hydrogen-bond donors (Lipinski definition) is 0. The number of esters is 1. The molecule has 0 aliphatic carbocycles. The Bertz CT molecular complexity index is 1120. The molecule has 1 aromatic carbocycles. The number of nitro benzene ring substituents is 1. The van der Waals surface area contributed by atoms with E-state index >= 15 is 0 Å². The second-order valence-electron chi connectivity index (χ2n) is 9.68. The zero-order valence-electron chi connectivity index (χ0n) is 20.6. The summed E-state index contributed by atoms with van der Waals surface area (Å²) in [6.07, 6.45) is 4.26. The lowest BCUT2D eigenvalue weighted by Crippen LogP contribution is -2.34. The first-order chi connectivity index (χ1) is 16.7. The Labute approximate surface area is 205 Å². The lowest BCUT2D eigenvalue weighted by molar-refractivity contribution is -0.384. The monoisotopic (exact) mass is 483 g/mol. The average molecular weight is 484 g/mol. The summed E-state index contributed by atoms with van der Waals surface area (Å²) < 4.78 is 13.0. The van der Waals surface area contributed by atoms with E-state index in [0.717, 1.165) is 56.8 Å². The molecule has 0 unspecified atom stereocenters. The van der Waals surface area contributed by atoms with E-state index < -0.39 is 17.5 Å². The first-order valence-corrected chi connectivity index (χ1v) is 12.3. The zero-order chi connectivity index (χ0) is 25.1. The summed E-state index contributed by atoms with van der Waals surface area (Å²) in [7, 11) is 0. The lowest BCUT2D eigenvalue weighted by Gasteiger charge is -2.32. The summed E-state index contributed by atoms with van der Waals surface area (Å²) in [5.74, 6) is -0.613. The Morgan fingerprint density at radius 2 is 2.00 bits per heavy atom. The molecule has 0 bridgehead atoms. The molecule has 1 aromatic heterocycles. The number of benzene rings is 1. The van der Waals surface area contributed by atoms with Gasteiger partial charge in [-0.3, -0.25) is 14.9 Å². The fourth-order valence-electron chi connectivity index (χ4n) is 5.12. The summed E-state index contributed by atoms with van der Waals surface area (Å²) in [4.78, 5) is 38.7. The van der Waals surface area contributed by atoms with Crippen LogP contribution in [0.3, 0.4) is 0 Å². The molecular weight excluding hydrogens is 450 g/mol. The van der Waals surface area contributed by atoms with E-state index in [9.17, 15) is 19.7 Å². The molecule has 0 amide bonds. The van der Waals surface area contributed by atoms with Gasteiger partial charge in [-0.15, -0.1) is 0 Å². The van der Waals surface area contributed by atoms with Gasteiger partial charge in [0.2, 0.25) is 5.78 Å². The third kappa shape index (κ3) is 5.56. The second kappa shape index (κ2) is 10.6. The minimum atomic E-state index is -0.756. The number of aryl methyl sites for hydroxylation is 1. The van der Waals surface area contributed by atoms with Crippen molar-refractivity contribution in [3.8, 4) is 0 Å². The molecule has 2 saturated heterocycles. The highest BCUT2D eigenvalue weighted by Crippen LogP contribution is 2.32. The molecule has 0 radical (unpaired) electrons. The van der Waals surface area contributed by atoms with E-state index in [1.165, 1.54) is 12.1 Å². The molecule has 2 aromatic rings. The van der Waals surface area contributed by atoms with Crippen LogP contribution in [0, 0.1) is 29.9 Å². The van der Waals surface area contributed by atoms with Crippen molar-refractivity contribution >= 4 is 23.1 Å². The first kappa shape index (κ1) is 24.9. The van der Waals surface area contributed by atoms with Crippen LogP contribution in [0.2, 0.25) is 0 Å². The maximum Gasteiger partial charge on any atom is 0.338 e. The smallest absolute Gasteiger partial charge is 0.338 e. The van der Waals surface area contributed by atoms with Gasteiger partial charge in [0.15, 0.2) is 6.61 Å². The van der Waals surface area contributed by atoms with Crippen LogP contribution in [0.25, 0.3) is 0 Å². The van der Waals surface area contributed by atoms with Crippen molar-refractivity contribution in [2.24, 2.45) is 5.92 Å². The highest BCUT2D eigenvalue weighted by molar-refractivity contribution is 6.00. The van der Waals surface area contributed by atoms with E-state index in [1.807, 2.05) is 18.7 Å². The molecule has 3 heterocycles. The number of nitrogens with zero attached hydrogens (tertiary/aromatic N) is 3. The zero-order valence-corrected chi connectivity index (χ0v) is 20.6. The van der Waals surface area contributed by atoms with Crippen LogP contribution in [0.1, 0.15) is 64.7 Å². The normalized spacial score (nSPS) is 20.1. The summed E-state index contributed by atoms with van der Waals surface area (Å²) >= 11 is 0. The van der Waals surface area contributed by atoms with Gasteiger partial charge in [-0.1, -0.05) is 6.92 Å². The van der Waals surface area contributed by atoms with Gasteiger partial charge in [0.25, 0.3) is 5.69 Å². The predicted octanol–water partition coefficient (Wildman–Crippen LogP) is 4.47. The van der Waals surface area contributed by atoms with Crippen molar-refractivity contribution in [3.63, 3.8) is 0 Å². The molecule has 2 fully saturated rings. The van der Waals surface area contributed by atoms with Gasteiger partial charge in [0, 0.05) is 49.3 Å². The van der Waals surface area contributed by atoms with Crippen molar-refractivity contribution in [1.29, 1.82) is 0 Å². The third-order valence-electron chi connectivity index (χ3n) is 7.02. The topological polar surface area (TPSA) is 104 Å². The number of ketones is 1. The van der Waals surface area contributed by atoms with Crippen LogP contribution in [0.5, 0.6) is 0 Å². The molecule has 0 N–H and O–H groups in total. The van der Waals surface area contributed by atoms with Gasteiger partial charge < -0.3 is 18.9 Å². The van der Waals surface area contributed by atoms with Crippen molar-refractivity contribution in [2.45, 2.75) is 59.1 Å². The van der Waals surface area contributed by atoms with Crippen molar-refractivity contribution < 1.29 is 24.0 Å². The number of hydrogen-bond acceptors (Lipinski definition) is 7. The van der Waals surface area contributed by atoms with Crippen molar-refractivity contribution in [1.82, 2.24) is 4.57 Å². The molecular formula is C26H33N3O6. The number of ether oxygens (including phenoxy) is 2. The Balaban J connectivity index is 1.43. The molecule has 2 aliphatic rings. The molecule has 0 spiro atoms. The quantitative estimate of drug-likeness (QED) is 0.236. The maximum atomic E-state index is 12.8. The molecule has 0 saturated carbocycles. The molecule has 35 heavy (non-hydrogen) atoms. The fraction of sp³-hybridized carbons (Fsp3) is 0.538. The Hall–Kier alpha value is -3.20. The van der Waals surface area contributed by atoms with Crippen LogP contribution >= 0.6 is 0 Å². The summed E-state index contributed by atoms with van der Waals surface area (Å²) in [6.45, 7) is 8.45. The summed E-state index contributed by atoms with van der Waals surface area (Å²) in [6, 6.07) is 6.18. The van der Waals surface area contributed by atoms with Crippen molar-refractivity contribution in [2.75, 3.05) is 31.2 Å². The summed E-state index contributed by atoms with van der Waals surface area (Å²) in [5, 5.41) is 11.7. The van der Waals surface area contributed by atoms with Crippen molar-refractivity contribution in [3.05, 3.63) is 56.9 Å². The van der Waals surface area contributed by atoms with Gasteiger partial charge in [-0.25, -0.2) is 4.79 Å². The minimum Gasteiger partial charge on any atom is -0.454 e. The van der Waals surface area contributed by atoms with Gasteiger partial charge in [0.1, 0.15) is 5.69 Å². The lowest BCUT2D eigenvalue weighted by atomic mass is 9.99. The molecule has 188 valence electrons. The highest BCUT2D eigenvalue weighted by Gasteiger charge is 2.26. The Kier molecular flexibility index (Phi) is 7.54. The number of Topliss-reactive ketones (excluding diaryl/α,β-unsaturated/α-hetero) is 1. The molecule has 9 nitrogen and oxygen atoms in total. The number of carbonyl (C=O) groups is 2. The SMILES string of the molecule is Cc1cc(C(=O)COC(=O)c2ccc(N3CCC[C@H](C)C3)c([N+](=O)[O-])c2)c(C)n1C[C@H]1CCCO1. The van der Waals surface area contributed by atoms with Gasteiger partial charge in [-0.2, -0.15) is 0 Å². The van der Waals surface area contributed by atoms with Gasteiger partial charge >= 0.3 is 5.97 Å². The molecule has 2 atom stereocenters. The summed E-state index contributed by atoms with van der Waals surface area (Å²) in [5.41, 5.74) is 2.71. The minimum absolute atomic E-state index is 0.0576. The predicted molar refractivity (Wildman–Crippen MR) is 131 cm³/mol. The second-order valence-corrected chi connectivity index (χ2v) is 9.68.